The zero-order valence-corrected chi connectivity index (χ0v) is 14.8. The van der Waals surface area contributed by atoms with E-state index in [1.807, 2.05) is 27.0 Å². The van der Waals surface area contributed by atoms with Gasteiger partial charge in [0.15, 0.2) is 6.54 Å². The molecule has 2 atom stereocenters. The van der Waals surface area contributed by atoms with Gasteiger partial charge >= 0.3 is 6.03 Å². The fourth-order valence-corrected chi connectivity index (χ4v) is 2.27. The van der Waals surface area contributed by atoms with Crippen molar-refractivity contribution in [2.24, 2.45) is 0 Å². The van der Waals surface area contributed by atoms with Crippen LogP contribution < -0.4 is 20.3 Å². The largest absolute Gasteiger partial charge is 0.496 e. The number of benzene rings is 1. The highest BCUT2D eigenvalue weighted by Crippen LogP contribution is 2.21. The SMILES string of the molecule is CC[C@H](C)NC(=O)NC(=O)C[NH+](C)Cc1cc(Cl)ccc1OC. The fraction of sp³-hybridized carbons (Fsp3) is 0.500. The van der Waals surface area contributed by atoms with E-state index in [1.165, 1.54) is 0 Å². The first-order valence-electron chi connectivity index (χ1n) is 7.59. The molecule has 0 spiro atoms. The normalized spacial score (nSPS) is 13.1. The summed E-state index contributed by atoms with van der Waals surface area (Å²) in [5.41, 5.74) is 0.911. The molecule has 0 bridgehead atoms. The number of rotatable bonds is 7. The predicted molar refractivity (Wildman–Crippen MR) is 89.9 cm³/mol. The van der Waals surface area contributed by atoms with Crippen LogP contribution in [0.1, 0.15) is 25.8 Å². The molecule has 3 N–H and O–H groups in total. The van der Waals surface area contributed by atoms with E-state index in [0.717, 1.165) is 22.6 Å². The number of imide groups is 1. The molecular weight excluding hydrogens is 318 g/mol. The Kier molecular flexibility index (Phi) is 7.85. The van der Waals surface area contributed by atoms with E-state index >= 15 is 0 Å². The van der Waals surface area contributed by atoms with Crippen LogP contribution in [0.4, 0.5) is 4.79 Å². The summed E-state index contributed by atoms with van der Waals surface area (Å²) in [4.78, 5) is 24.4. The third-order valence-corrected chi connectivity index (χ3v) is 3.67. The van der Waals surface area contributed by atoms with Crippen LogP contribution in [-0.2, 0) is 11.3 Å². The number of hydrogen-bond acceptors (Lipinski definition) is 3. The molecule has 1 aromatic carbocycles. The van der Waals surface area contributed by atoms with Crippen molar-refractivity contribution < 1.29 is 19.2 Å². The molecule has 0 aliphatic rings. The lowest BCUT2D eigenvalue weighted by molar-refractivity contribution is -0.885. The van der Waals surface area contributed by atoms with Crippen LogP contribution in [0.15, 0.2) is 18.2 Å². The minimum absolute atomic E-state index is 0.0311. The summed E-state index contributed by atoms with van der Waals surface area (Å²) in [5, 5.41) is 5.64. The van der Waals surface area contributed by atoms with Crippen LogP contribution in [0.2, 0.25) is 5.02 Å². The van der Waals surface area contributed by atoms with Gasteiger partial charge in [0, 0.05) is 16.6 Å². The number of likely N-dealkylation sites (N-methyl/N-ethyl adjacent to an activating group) is 1. The van der Waals surface area contributed by atoms with E-state index in [0.29, 0.717) is 11.6 Å². The molecule has 3 amide bonds. The molecule has 6 nitrogen and oxygen atoms in total. The highest BCUT2D eigenvalue weighted by Gasteiger charge is 2.16. The van der Waals surface area contributed by atoms with E-state index in [1.54, 1.807) is 19.2 Å². The summed E-state index contributed by atoms with van der Waals surface area (Å²) < 4.78 is 5.29. The van der Waals surface area contributed by atoms with Gasteiger partial charge in [0.2, 0.25) is 0 Å². The summed E-state index contributed by atoms with van der Waals surface area (Å²) in [5.74, 6) is 0.396. The minimum atomic E-state index is -0.461. The number of urea groups is 1. The molecule has 128 valence electrons. The van der Waals surface area contributed by atoms with Crippen LogP contribution in [0.3, 0.4) is 0 Å². The molecule has 0 saturated carbocycles. The lowest BCUT2D eigenvalue weighted by atomic mass is 10.2. The topological polar surface area (TPSA) is 71.9 Å². The van der Waals surface area contributed by atoms with Gasteiger partial charge in [-0.25, -0.2) is 4.79 Å². The Labute approximate surface area is 142 Å². The van der Waals surface area contributed by atoms with Crippen molar-refractivity contribution in [2.45, 2.75) is 32.9 Å². The molecule has 1 unspecified atom stereocenters. The van der Waals surface area contributed by atoms with Crippen LogP contribution in [-0.4, -0.2) is 38.7 Å². The number of halogens is 1. The van der Waals surface area contributed by atoms with Crippen LogP contribution >= 0.6 is 11.6 Å². The van der Waals surface area contributed by atoms with Crippen molar-refractivity contribution in [1.29, 1.82) is 0 Å². The first kappa shape index (κ1) is 19.3. The predicted octanol–water partition coefficient (Wildman–Crippen LogP) is 0.988. The maximum Gasteiger partial charge on any atom is 0.321 e. The van der Waals surface area contributed by atoms with Gasteiger partial charge in [-0.3, -0.25) is 10.1 Å². The molecule has 0 fully saturated rings. The van der Waals surface area contributed by atoms with Gasteiger partial charge in [-0.2, -0.15) is 0 Å². The van der Waals surface area contributed by atoms with Gasteiger partial charge in [0.1, 0.15) is 12.3 Å². The van der Waals surface area contributed by atoms with Crippen LogP contribution in [0.25, 0.3) is 0 Å². The van der Waals surface area contributed by atoms with E-state index < -0.39 is 6.03 Å². The van der Waals surface area contributed by atoms with Gasteiger partial charge in [0.05, 0.1) is 14.2 Å². The first-order valence-corrected chi connectivity index (χ1v) is 7.97. The third-order valence-electron chi connectivity index (χ3n) is 3.44. The molecule has 0 heterocycles. The Morgan fingerprint density at radius 2 is 2.09 bits per heavy atom. The lowest BCUT2D eigenvalue weighted by Crippen LogP contribution is -3.09. The average molecular weight is 343 g/mol. The number of nitrogens with one attached hydrogen (secondary N) is 3. The van der Waals surface area contributed by atoms with Crippen molar-refractivity contribution in [1.82, 2.24) is 10.6 Å². The molecule has 0 aliphatic heterocycles. The molecule has 0 aromatic heterocycles. The van der Waals surface area contributed by atoms with Crippen molar-refractivity contribution in [3.63, 3.8) is 0 Å². The maximum atomic E-state index is 11.9. The smallest absolute Gasteiger partial charge is 0.321 e. The van der Waals surface area contributed by atoms with Crippen LogP contribution in [0, 0.1) is 0 Å². The fourth-order valence-electron chi connectivity index (χ4n) is 2.08. The van der Waals surface area contributed by atoms with Crippen molar-refractivity contribution in [2.75, 3.05) is 20.7 Å². The molecular formula is C16H25ClN3O3+. The quantitative estimate of drug-likeness (QED) is 0.692. The summed E-state index contributed by atoms with van der Waals surface area (Å²) in [7, 11) is 3.46. The van der Waals surface area contributed by atoms with Gasteiger partial charge in [-0.15, -0.1) is 0 Å². The summed E-state index contributed by atoms with van der Waals surface area (Å²) >= 11 is 6.00. The molecule has 23 heavy (non-hydrogen) atoms. The summed E-state index contributed by atoms with van der Waals surface area (Å²) in [6.45, 7) is 4.57. The Bertz CT molecular complexity index is 551. The van der Waals surface area contributed by atoms with Gasteiger partial charge in [-0.1, -0.05) is 18.5 Å². The maximum absolute atomic E-state index is 11.9. The molecule has 1 rings (SSSR count). The number of hydrogen-bond donors (Lipinski definition) is 3. The molecule has 7 heteroatoms. The first-order chi connectivity index (χ1) is 10.8. The van der Waals surface area contributed by atoms with Crippen molar-refractivity contribution >= 4 is 23.5 Å². The number of ether oxygens (including phenoxy) is 1. The number of quaternary nitrogens is 1. The van der Waals surface area contributed by atoms with Crippen molar-refractivity contribution in [3.05, 3.63) is 28.8 Å². The number of carbonyl (C=O) groups is 2. The number of carbonyl (C=O) groups excluding carboxylic acids is 2. The number of methoxy groups -OCH3 is 1. The van der Waals surface area contributed by atoms with E-state index in [4.69, 9.17) is 16.3 Å². The average Bonchev–Trinajstić information content (AvgIpc) is 2.46. The van der Waals surface area contributed by atoms with E-state index in [-0.39, 0.29) is 18.5 Å². The second kappa shape index (κ2) is 9.37. The Balaban J connectivity index is 2.53. The molecule has 0 saturated heterocycles. The second-order valence-corrected chi connectivity index (χ2v) is 6.03. The van der Waals surface area contributed by atoms with E-state index in [2.05, 4.69) is 10.6 Å². The van der Waals surface area contributed by atoms with Gasteiger partial charge in [-0.05, 0) is 31.5 Å². The zero-order chi connectivity index (χ0) is 17.4. The monoisotopic (exact) mass is 342 g/mol. The minimum Gasteiger partial charge on any atom is -0.496 e. The zero-order valence-electron chi connectivity index (χ0n) is 14.0. The standard InChI is InChI=1S/C16H24ClN3O3/c1-5-11(2)18-16(22)19-15(21)10-20(3)9-12-8-13(17)6-7-14(12)23-4/h6-8,11H,5,9-10H2,1-4H3,(H2,18,19,21,22)/p+1/t11-/m0/s1. The Morgan fingerprint density at radius 3 is 2.70 bits per heavy atom. The van der Waals surface area contributed by atoms with Gasteiger partial charge in [0.25, 0.3) is 5.91 Å². The van der Waals surface area contributed by atoms with Crippen LogP contribution in [0.5, 0.6) is 5.75 Å². The molecule has 0 radical (unpaired) electrons. The Morgan fingerprint density at radius 1 is 1.39 bits per heavy atom. The highest BCUT2D eigenvalue weighted by atomic mass is 35.5. The summed E-state index contributed by atoms with van der Waals surface area (Å²) in [6, 6.07) is 4.94. The van der Waals surface area contributed by atoms with Crippen molar-refractivity contribution in [3.8, 4) is 5.75 Å². The molecule has 0 aliphatic carbocycles. The summed E-state index contributed by atoms with van der Waals surface area (Å²) in [6.07, 6.45) is 0.807. The van der Waals surface area contributed by atoms with Gasteiger partial charge < -0.3 is 15.0 Å². The second-order valence-electron chi connectivity index (χ2n) is 5.60. The molecule has 1 aromatic rings. The van der Waals surface area contributed by atoms with E-state index in [9.17, 15) is 9.59 Å². The lowest BCUT2D eigenvalue weighted by Gasteiger charge is -2.16. The Hall–Kier alpha value is -1.79. The third kappa shape index (κ3) is 6.88. The number of amides is 3. The highest BCUT2D eigenvalue weighted by molar-refractivity contribution is 6.30.